The van der Waals surface area contributed by atoms with Gasteiger partial charge in [-0.05, 0) is 30.3 Å². The van der Waals surface area contributed by atoms with E-state index in [1.165, 1.54) is 35.6 Å². The van der Waals surface area contributed by atoms with E-state index in [-0.39, 0.29) is 16.3 Å². The molecule has 0 bridgehead atoms. The van der Waals surface area contributed by atoms with Crippen LogP contribution in [0.2, 0.25) is 5.02 Å². The average molecular weight is 502 g/mol. The Balaban J connectivity index is 1.46. The molecule has 3 aromatic heterocycles. The maximum absolute atomic E-state index is 12.5. The van der Waals surface area contributed by atoms with E-state index in [0.717, 1.165) is 5.39 Å². The van der Waals surface area contributed by atoms with E-state index >= 15 is 0 Å². The monoisotopic (exact) mass is 501 g/mol. The van der Waals surface area contributed by atoms with Crippen LogP contribution >= 0.6 is 22.9 Å². The number of nitro benzene ring substituents is 1. The molecule has 0 N–H and O–H groups in total. The molecule has 0 spiro atoms. The Morgan fingerprint density at radius 2 is 1.94 bits per heavy atom. The summed E-state index contributed by atoms with van der Waals surface area (Å²) < 4.78 is 11.2. The van der Waals surface area contributed by atoms with Gasteiger partial charge < -0.3 is 8.83 Å². The number of allylic oxidation sites excluding steroid dienone is 1. The molecule has 2 aromatic carbocycles. The molecule has 170 valence electrons. The number of fused-ring (bicyclic) bond motifs is 1. The number of benzene rings is 2. The number of non-ortho nitro benzene ring substituents is 1. The maximum atomic E-state index is 12.5. The molecule has 0 unspecified atom stereocenters. The van der Waals surface area contributed by atoms with Gasteiger partial charge in [0.2, 0.25) is 0 Å². The van der Waals surface area contributed by atoms with Crippen LogP contribution in [-0.2, 0) is 0 Å². The molecule has 5 aromatic rings. The standard InChI is InChI=1S/C25H12ClN3O5S/c26-20-11-16(29(31)32)5-7-18(20)23-8-6-17(33-23)9-15(12-27)24-28-21(13-35-24)19-10-14-3-1-2-4-22(14)34-25(19)30/h1-11,13H/b15-9+. The van der Waals surface area contributed by atoms with Crippen LogP contribution in [0.3, 0.4) is 0 Å². The van der Waals surface area contributed by atoms with Gasteiger partial charge in [0.1, 0.15) is 28.2 Å². The lowest BCUT2D eigenvalue weighted by atomic mass is 10.1. The molecule has 0 amide bonds. The van der Waals surface area contributed by atoms with Crippen LogP contribution in [0.15, 0.2) is 79.7 Å². The molecule has 35 heavy (non-hydrogen) atoms. The second-order valence-corrected chi connectivity index (χ2v) is 8.58. The van der Waals surface area contributed by atoms with E-state index in [4.69, 9.17) is 20.4 Å². The van der Waals surface area contributed by atoms with Gasteiger partial charge in [-0.2, -0.15) is 5.26 Å². The highest BCUT2D eigenvalue weighted by molar-refractivity contribution is 7.11. The van der Waals surface area contributed by atoms with Gasteiger partial charge in [-0.25, -0.2) is 9.78 Å². The van der Waals surface area contributed by atoms with Crippen molar-refractivity contribution in [3.05, 3.63) is 102 Å². The zero-order valence-corrected chi connectivity index (χ0v) is 19.2. The summed E-state index contributed by atoms with van der Waals surface area (Å²) >= 11 is 7.39. The summed E-state index contributed by atoms with van der Waals surface area (Å²) in [5, 5.41) is 23.7. The first-order chi connectivity index (χ1) is 16.9. The summed E-state index contributed by atoms with van der Waals surface area (Å²) in [5.41, 5.74) is 1.27. The number of halogens is 1. The molecule has 0 fully saturated rings. The first kappa shape index (κ1) is 22.3. The SMILES string of the molecule is N#C/C(=C\c1ccc(-c2ccc([N+](=O)[O-])cc2Cl)o1)c1nc(-c2cc3ccccc3oc2=O)cs1. The minimum absolute atomic E-state index is 0.128. The van der Waals surface area contributed by atoms with Gasteiger partial charge in [-0.15, -0.1) is 11.3 Å². The molecule has 3 heterocycles. The Morgan fingerprint density at radius 3 is 2.71 bits per heavy atom. The Labute approximate surface area is 206 Å². The summed E-state index contributed by atoms with van der Waals surface area (Å²) in [6.07, 6.45) is 1.52. The third kappa shape index (κ3) is 4.36. The van der Waals surface area contributed by atoms with E-state index in [0.29, 0.717) is 38.9 Å². The van der Waals surface area contributed by atoms with Gasteiger partial charge in [-0.3, -0.25) is 10.1 Å². The molecule has 0 aliphatic carbocycles. The van der Waals surface area contributed by atoms with Crippen LogP contribution in [0.5, 0.6) is 0 Å². The number of nitriles is 1. The molecule has 0 atom stereocenters. The summed E-state index contributed by atoms with van der Waals surface area (Å²) in [6.45, 7) is 0. The van der Waals surface area contributed by atoms with Gasteiger partial charge in [0.15, 0.2) is 0 Å². The molecular formula is C25H12ClN3O5S. The minimum atomic E-state index is -0.532. The third-order valence-electron chi connectivity index (χ3n) is 5.11. The largest absolute Gasteiger partial charge is 0.457 e. The van der Waals surface area contributed by atoms with E-state index in [1.807, 2.05) is 12.1 Å². The van der Waals surface area contributed by atoms with Crippen molar-refractivity contribution in [3.8, 4) is 28.7 Å². The van der Waals surface area contributed by atoms with Crippen LogP contribution in [0.4, 0.5) is 5.69 Å². The lowest BCUT2D eigenvalue weighted by Gasteiger charge is -2.00. The molecule has 8 nitrogen and oxygen atoms in total. The van der Waals surface area contributed by atoms with Crippen LogP contribution in [0.25, 0.3) is 45.2 Å². The fourth-order valence-electron chi connectivity index (χ4n) is 3.44. The number of rotatable bonds is 5. The summed E-state index contributed by atoms with van der Waals surface area (Å²) in [4.78, 5) is 27.3. The molecule has 5 rings (SSSR count). The van der Waals surface area contributed by atoms with Gasteiger partial charge >= 0.3 is 5.63 Å². The van der Waals surface area contributed by atoms with Crippen LogP contribution < -0.4 is 5.63 Å². The predicted molar refractivity (Wildman–Crippen MR) is 133 cm³/mol. The molecule has 0 radical (unpaired) electrons. The molecule has 0 aliphatic rings. The van der Waals surface area contributed by atoms with Crippen LogP contribution in [0.1, 0.15) is 10.8 Å². The fourth-order valence-corrected chi connectivity index (χ4v) is 4.49. The number of nitrogens with zero attached hydrogens (tertiary/aromatic N) is 3. The molecule has 0 saturated heterocycles. The zero-order valence-electron chi connectivity index (χ0n) is 17.6. The highest BCUT2D eigenvalue weighted by Gasteiger charge is 2.16. The smallest absolute Gasteiger partial charge is 0.345 e. The number of hydrogen-bond acceptors (Lipinski definition) is 8. The van der Waals surface area contributed by atoms with Gasteiger partial charge in [0.25, 0.3) is 5.69 Å². The molecular weight excluding hydrogens is 490 g/mol. The molecule has 10 heteroatoms. The predicted octanol–water partition coefficient (Wildman–Crippen LogP) is 6.80. The Kier molecular flexibility index (Phi) is 5.74. The third-order valence-corrected chi connectivity index (χ3v) is 6.30. The van der Waals surface area contributed by atoms with Crippen LogP contribution in [-0.4, -0.2) is 9.91 Å². The lowest BCUT2D eigenvalue weighted by molar-refractivity contribution is -0.384. The lowest BCUT2D eigenvalue weighted by Crippen LogP contribution is -2.02. The normalized spacial score (nSPS) is 11.5. The highest BCUT2D eigenvalue weighted by atomic mass is 35.5. The van der Waals surface area contributed by atoms with Crippen LogP contribution in [0, 0.1) is 21.4 Å². The number of hydrogen-bond donors (Lipinski definition) is 0. The zero-order chi connectivity index (χ0) is 24.5. The van der Waals surface area contributed by atoms with E-state index < -0.39 is 10.5 Å². The van der Waals surface area contributed by atoms with Gasteiger partial charge in [-0.1, -0.05) is 29.8 Å². The van der Waals surface area contributed by atoms with Gasteiger partial charge in [0, 0.05) is 34.5 Å². The van der Waals surface area contributed by atoms with Crippen molar-refractivity contribution in [2.45, 2.75) is 0 Å². The second kappa shape index (κ2) is 9.02. The number of aromatic nitrogens is 1. The molecule has 0 aliphatic heterocycles. The van der Waals surface area contributed by atoms with Crippen molar-refractivity contribution in [3.63, 3.8) is 0 Å². The number of thiazole rings is 1. The Hall–Kier alpha value is -4.52. The summed E-state index contributed by atoms with van der Waals surface area (Å²) in [5.74, 6) is 0.759. The van der Waals surface area contributed by atoms with E-state index in [9.17, 15) is 20.2 Å². The highest BCUT2D eigenvalue weighted by Crippen LogP contribution is 2.33. The Bertz CT molecular complexity index is 1740. The second-order valence-electron chi connectivity index (χ2n) is 7.32. The van der Waals surface area contributed by atoms with E-state index in [2.05, 4.69) is 11.1 Å². The summed E-state index contributed by atoms with van der Waals surface area (Å²) in [7, 11) is 0. The first-order valence-corrected chi connectivity index (χ1v) is 11.3. The number of para-hydroxylation sites is 1. The topological polar surface area (TPSA) is 123 Å². The average Bonchev–Trinajstić information content (AvgIpc) is 3.52. The number of nitro groups is 1. The van der Waals surface area contributed by atoms with Crippen molar-refractivity contribution >= 4 is 51.2 Å². The van der Waals surface area contributed by atoms with Crippen molar-refractivity contribution in [2.24, 2.45) is 0 Å². The maximum Gasteiger partial charge on any atom is 0.345 e. The molecule has 0 saturated carbocycles. The van der Waals surface area contributed by atoms with Crippen molar-refractivity contribution in [1.29, 1.82) is 5.26 Å². The minimum Gasteiger partial charge on any atom is -0.457 e. The number of furan rings is 1. The summed E-state index contributed by atoms with van der Waals surface area (Å²) in [6, 6.07) is 18.4. The van der Waals surface area contributed by atoms with Gasteiger partial charge in [0.05, 0.1) is 26.8 Å². The van der Waals surface area contributed by atoms with E-state index in [1.54, 1.807) is 35.7 Å². The fraction of sp³-hybridized carbons (Fsp3) is 0. The quantitative estimate of drug-likeness (QED) is 0.112. The van der Waals surface area contributed by atoms with Crippen molar-refractivity contribution in [1.82, 2.24) is 4.98 Å². The Morgan fingerprint density at radius 1 is 1.11 bits per heavy atom. The first-order valence-electron chi connectivity index (χ1n) is 10.1. The van der Waals surface area contributed by atoms with Crippen molar-refractivity contribution in [2.75, 3.05) is 0 Å². The van der Waals surface area contributed by atoms with Crippen molar-refractivity contribution < 1.29 is 13.8 Å².